The Kier molecular flexibility index (Phi) is 2.91. The minimum atomic E-state index is 0.0881. The summed E-state index contributed by atoms with van der Waals surface area (Å²) in [6.45, 7) is 2.35. The summed E-state index contributed by atoms with van der Waals surface area (Å²) >= 11 is 1.55. The molecule has 0 fully saturated rings. The molecule has 0 bridgehead atoms. The highest BCUT2D eigenvalue weighted by molar-refractivity contribution is 7.14. The van der Waals surface area contributed by atoms with Crippen LogP contribution in [0, 0.1) is 0 Å². The lowest BCUT2D eigenvalue weighted by molar-refractivity contribution is 0.0971. The molecule has 0 radical (unpaired) electrons. The minimum Gasteiger partial charge on any atom is -0.291 e. The van der Waals surface area contributed by atoms with Crippen molar-refractivity contribution in [3.8, 4) is 0 Å². The molecule has 0 aliphatic carbocycles. The van der Waals surface area contributed by atoms with Crippen LogP contribution in [0.25, 0.3) is 0 Å². The molecule has 0 amide bonds. The van der Waals surface area contributed by atoms with Crippen LogP contribution < -0.4 is 0 Å². The van der Waals surface area contributed by atoms with Crippen LogP contribution in [0.4, 0.5) is 0 Å². The van der Waals surface area contributed by atoms with Crippen molar-refractivity contribution in [1.82, 2.24) is 14.8 Å². The van der Waals surface area contributed by atoms with E-state index in [0.717, 1.165) is 11.3 Å². The van der Waals surface area contributed by atoms with Gasteiger partial charge in [-0.05, 0) is 18.6 Å². The lowest BCUT2D eigenvalue weighted by Gasteiger charge is -1.96. The minimum absolute atomic E-state index is 0.0881. The third-order valence-corrected chi connectivity index (χ3v) is 3.33. The topological polar surface area (TPSA) is 47.8 Å². The smallest absolute Gasteiger partial charge is 0.194 e. The van der Waals surface area contributed by atoms with Crippen molar-refractivity contribution in [3.05, 3.63) is 34.5 Å². The molecule has 2 rings (SSSR count). The lowest BCUT2D eigenvalue weighted by Crippen LogP contribution is -2.09. The second kappa shape index (κ2) is 4.35. The number of carbonyl (C=O) groups is 1. The van der Waals surface area contributed by atoms with Crippen LogP contribution in [-0.4, -0.2) is 20.5 Å². The molecule has 0 N–H and O–H groups in total. The highest BCUT2D eigenvalue weighted by atomic mass is 32.1. The monoisotopic (exact) mass is 221 g/mol. The molecule has 0 spiro atoms. The zero-order valence-electron chi connectivity index (χ0n) is 8.38. The van der Waals surface area contributed by atoms with Gasteiger partial charge in [0.25, 0.3) is 0 Å². The maximum Gasteiger partial charge on any atom is 0.194 e. The van der Waals surface area contributed by atoms with Crippen LogP contribution in [0.5, 0.6) is 0 Å². The van der Waals surface area contributed by atoms with E-state index in [1.54, 1.807) is 17.7 Å². The number of carbonyl (C=O) groups excluding carboxylic acids is 1. The number of hydrogen-bond acceptors (Lipinski definition) is 4. The molecular formula is C10H11N3OS. The van der Waals surface area contributed by atoms with Gasteiger partial charge in [-0.2, -0.15) is 5.10 Å². The van der Waals surface area contributed by atoms with Crippen molar-refractivity contribution < 1.29 is 4.79 Å². The van der Waals surface area contributed by atoms with Crippen molar-refractivity contribution in [3.63, 3.8) is 0 Å². The van der Waals surface area contributed by atoms with Crippen molar-refractivity contribution in [2.45, 2.75) is 19.9 Å². The number of ketones is 1. The van der Waals surface area contributed by atoms with Gasteiger partial charge < -0.3 is 0 Å². The fourth-order valence-electron chi connectivity index (χ4n) is 1.26. The van der Waals surface area contributed by atoms with E-state index in [-0.39, 0.29) is 12.3 Å². The molecular weight excluding hydrogens is 210 g/mol. The zero-order valence-corrected chi connectivity index (χ0v) is 9.20. The van der Waals surface area contributed by atoms with Crippen LogP contribution in [0.15, 0.2) is 24.8 Å². The molecule has 78 valence electrons. The first-order valence-electron chi connectivity index (χ1n) is 4.74. The van der Waals surface area contributed by atoms with Crippen LogP contribution in [0.1, 0.15) is 21.5 Å². The Hall–Kier alpha value is -1.49. The fraction of sp³-hybridized carbons (Fsp3) is 0.300. The SMILES string of the molecule is CCc1ccc(C(=O)Cn2cncn2)s1. The quantitative estimate of drug-likeness (QED) is 0.739. The second-order valence-corrected chi connectivity index (χ2v) is 4.30. The summed E-state index contributed by atoms with van der Waals surface area (Å²) in [5.41, 5.74) is 0. The van der Waals surface area contributed by atoms with Crippen molar-refractivity contribution in [2.24, 2.45) is 0 Å². The van der Waals surface area contributed by atoms with Gasteiger partial charge in [0.1, 0.15) is 19.2 Å². The van der Waals surface area contributed by atoms with E-state index in [4.69, 9.17) is 0 Å². The molecule has 5 heteroatoms. The maximum absolute atomic E-state index is 11.8. The Morgan fingerprint density at radius 2 is 2.40 bits per heavy atom. The number of aryl methyl sites for hydroxylation is 1. The summed E-state index contributed by atoms with van der Waals surface area (Å²) in [6, 6.07) is 3.88. The molecule has 0 atom stereocenters. The Bertz CT molecular complexity index is 447. The van der Waals surface area contributed by atoms with Gasteiger partial charge >= 0.3 is 0 Å². The highest BCUT2D eigenvalue weighted by Gasteiger charge is 2.09. The van der Waals surface area contributed by atoms with Crippen LogP contribution in [-0.2, 0) is 13.0 Å². The van der Waals surface area contributed by atoms with E-state index in [1.807, 2.05) is 12.1 Å². The first kappa shape index (κ1) is 10.0. The van der Waals surface area contributed by atoms with Crippen molar-refractivity contribution in [1.29, 1.82) is 0 Å². The average molecular weight is 221 g/mol. The van der Waals surface area contributed by atoms with Gasteiger partial charge in [0.2, 0.25) is 0 Å². The van der Waals surface area contributed by atoms with Crippen molar-refractivity contribution in [2.75, 3.05) is 0 Å². The van der Waals surface area contributed by atoms with E-state index in [9.17, 15) is 4.79 Å². The second-order valence-electron chi connectivity index (χ2n) is 3.14. The van der Waals surface area contributed by atoms with Gasteiger partial charge in [0.05, 0.1) is 4.88 Å². The standard InChI is InChI=1S/C10H11N3OS/c1-2-8-3-4-10(15-8)9(14)5-13-7-11-6-12-13/h3-4,6-7H,2,5H2,1H3. The fourth-order valence-corrected chi connectivity index (χ4v) is 2.13. The molecule has 15 heavy (non-hydrogen) atoms. The molecule has 4 nitrogen and oxygen atoms in total. The number of rotatable bonds is 4. The summed E-state index contributed by atoms with van der Waals surface area (Å²) in [7, 11) is 0. The Labute approximate surface area is 91.6 Å². The first-order valence-corrected chi connectivity index (χ1v) is 5.55. The van der Waals surface area contributed by atoms with E-state index >= 15 is 0 Å². The molecule has 0 aromatic carbocycles. The van der Waals surface area contributed by atoms with Gasteiger partial charge in [-0.15, -0.1) is 11.3 Å². The Morgan fingerprint density at radius 1 is 1.53 bits per heavy atom. The summed E-state index contributed by atoms with van der Waals surface area (Å²) in [5, 5.41) is 3.90. The maximum atomic E-state index is 11.8. The average Bonchev–Trinajstić information content (AvgIpc) is 2.86. The molecule has 0 aliphatic rings. The van der Waals surface area contributed by atoms with E-state index in [1.165, 1.54) is 15.9 Å². The predicted molar refractivity (Wildman–Crippen MR) is 58.0 cm³/mol. The molecule has 0 saturated heterocycles. The van der Waals surface area contributed by atoms with Gasteiger partial charge in [0.15, 0.2) is 5.78 Å². The lowest BCUT2D eigenvalue weighted by atomic mass is 10.3. The van der Waals surface area contributed by atoms with E-state index < -0.39 is 0 Å². The predicted octanol–water partition coefficient (Wildman–Crippen LogP) is 1.78. The zero-order chi connectivity index (χ0) is 10.7. The number of Topliss-reactive ketones (excluding diaryl/α,β-unsaturated/α-hetero) is 1. The summed E-state index contributed by atoms with van der Waals surface area (Å²) in [4.78, 5) is 17.6. The highest BCUT2D eigenvalue weighted by Crippen LogP contribution is 2.17. The first-order chi connectivity index (χ1) is 7.29. The molecule has 0 aliphatic heterocycles. The normalized spacial score (nSPS) is 10.5. The van der Waals surface area contributed by atoms with Gasteiger partial charge in [-0.1, -0.05) is 6.92 Å². The van der Waals surface area contributed by atoms with E-state index in [0.29, 0.717) is 0 Å². The van der Waals surface area contributed by atoms with Gasteiger partial charge in [-0.25, -0.2) is 9.67 Å². The van der Waals surface area contributed by atoms with Crippen molar-refractivity contribution >= 4 is 17.1 Å². The number of thiophene rings is 1. The molecule has 2 aromatic rings. The van der Waals surface area contributed by atoms with Crippen LogP contribution >= 0.6 is 11.3 Å². The summed E-state index contributed by atoms with van der Waals surface area (Å²) in [5.74, 6) is 0.0881. The van der Waals surface area contributed by atoms with Crippen LogP contribution in [0.3, 0.4) is 0 Å². The summed E-state index contributed by atoms with van der Waals surface area (Å²) < 4.78 is 1.54. The summed E-state index contributed by atoms with van der Waals surface area (Å²) in [6.07, 6.45) is 3.95. The molecule has 2 heterocycles. The Morgan fingerprint density at radius 3 is 3.00 bits per heavy atom. The molecule has 0 saturated carbocycles. The van der Waals surface area contributed by atoms with Crippen LogP contribution in [0.2, 0.25) is 0 Å². The molecule has 0 unspecified atom stereocenters. The van der Waals surface area contributed by atoms with Gasteiger partial charge in [0, 0.05) is 4.88 Å². The van der Waals surface area contributed by atoms with Gasteiger partial charge in [-0.3, -0.25) is 4.79 Å². The molecule has 2 aromatic heterocycles. The number of hydrogen-bond donors (Lipinski definition) is 0. The van der Waals surface area contributed by atoms with E-state index in [2.05, 4.69) is 17.0 Å². The number of aromatic nitrogens is 3. The third kappa shape index (κ3) is 2.30. The largest absolute Gasteiger partial charge is 0.291 e. The third-order valence-electron chi connectivity index (χ3n) is 2.06. The number of nitrogens with zero attached hydrogens (tertiary/aromatic N) is 3. The Balaban J connectivity index is 2.08.